The van der Waals surface area contributed by atoms with E-state index in [1.165, 1.54) is 0 Å². The van der Waals surface area contributed by atoms with Crippen LogP contribution in [0, 0.1) is 6.92 Å². The summed E-state index contributed by atoms with van der Waals surface area (Å²) in [5, 5.41) is 9.63. The molecule has 5 nitrogen and oxygen atoms in total. The normalized spacial score (nSPS) is 11.7. The number of carbonyl (C=O) groups is 1. The molecule has 2 aromatic carbocycles. The van der Waals surface area contributed by atoms with Gasteiger partial charge in [0, 0.05) is 21.7 Å². The van der Waals surface area contributed by atoms with Gasteiger partial charge in [-0.25, -0.2) is 4.98 Å². The Balaban J connectivity index is 1.65. The zero-order chi connectivity index (χ0) is 19.4. The number of hydrogen-bond acceptors (Lipinski definition) is 5. The van der Waals surface area contributed by atoms with Crippen LogP contribution in [0.25, 0.3) is 11.3 Å². The molecule has 0 saturated carbocycles. The third kappa shape index (κ3) is 4.78. The van der Waals surface area contributed by atoms with Crippen LogP contribution in [-0.2, 0) is 4.79 Å². The van der Waals surface area contributed by atoms with Crippen molar-refractivity contribution in [2.45, 2.75) is 19.9 Å². The van der Waals surface area contributed by atoms with E-state index in [2.05, 4.69) is 15.6 Å². The van der Waals surface area contributed by atoms with E-state index >= 15 is 0 Å². The van der Waals surface area contributed by atoms with Crippen LogP contribution in [0.15, 0.2) is 47.8 Å². The minimum Gasteiger partial charge on any atom is -0.495 e. The van der Waals surface area contributed by atoms with E-state index in [1.54, 1.807) is 43.6 Å². The van der Waals surface area contributed by atoms with Crippen LogP contribution in [0.5, 0.6) is 5.75 Å². The number of benzene rings is 2. The first kappa shape index (κ1) is 19.2. The summed E-state index contributed by atoms with van der Waals surface area (Å²) in [4.78, 5) is 17.0. The molecule has 27 heavy (non-hydrogen) atoms. The first-order chi connectivity index (χ1) is 13.0. The largest absolute Gasteiger partial charge is 0.495 e. The second-order valence-electron chi connectivity index (χ2n) is 6.03. The average Bonchev–Trinajstić information content (AvgIpc) is 3.09. The predicted molar refractivity (Wildman–Crippen MR) is 112 cm³/mol. The molecule has 0 unspecified atom stereocenters. The number of amides is 1. The molecule has 0 saturated heterocycles. The summed E-state index contributed by atoms with van der Waals surface area (Å²) in [6.07, 6.45) is 0. The van der Waals surface area contributed by atoms with Crippen LogP contribution in [0.2, 0.25) is 5.02 Å². The maximum absolute atomic E-state index is 12.5. The SMILES string of the molecule is COc1ccc(Cl)cc1NC(=O)[C@@H](C)Nc1ccc(-c2csc(C)n2)cc1. The van der Waals surface area contributed by atoms with Crippen molar-refractivity contribution < 1.29 is 9.53 Å². The molecule has 2 N–H and O–H groups in total. The van der Waals surface area contributed by atoms with Gasteiger partial charge in [0.05, 0.1) is 23.5 Å². The van der Waals surface area contributed by atoms with Crippen molar-refractivity contribution >= 4 is 40.2 Å². The van der Waals surface area contributed by atoms with E-state index in [4.69, 9.17) is 16.3 Å². The minimum absolute atomic E-state index is 0.185. The van der Waals surface area contributed by atoms with Gasteiger partial charge in [-0.3, -0.25) is 4.79 Å². The van der Waals surface area contributed by atoms with E-state index in [-0.39, 0.29) is 5.91 Å². The highest BCUT2D eigenvalue weighted by Crippen LogP contribution is 2.28. The molecule has 0 radical (unpaired) electrons. The number of anilines is 2. The summed E-state index contributed by atoms with van der Waals surface area (Å²) < 4.78 is 5.26. The summed E-state index contributed by atoms with van der Waals surface area (Å²) in [7, 11) is 1.55. The lowest BCUT2D eigenvalue weighted by Crippen LogP contribution is -2.32. The number of nitrogens with zero attached hydrogens (tertiary/aromatic N) is 1. The van der Waals surface area contributed by atoms with Crippen molar-refractivity contribution in [1.29, 1.82) is 0 Å². The Morgan fingerprint density at radius 1 is 1.22 bits per heavy atom. The van der Waals surface area contributed by atoms with Gasteiger partial charge in [0.25, 0.3) is 0 Å². The monoisotopic (exact) mass is 401 g/mol. The van der Waals surface area contributed by atoms with Gasteiger partial charge in [-0.1, -0.05) is 23.7 Å². The highest BCUT2D eigenvalue weighted by molar-refractivity contribution is 7.09. The lowest BCUT2D eigenvalue weighted by atomic mass is 10.1. The number of methoxy groups -OCH3 is 1. The van der Waals surface area contributed by atoms with Gasteiger partial charge in [-0.15, -0.1) is 11.3 Å². The molecule has 0 aliphatic carbocycles. The molecule has 0 fully saturated rings. The van der Waals surface area contributed by atoms with Crippen molar-refractivity contribution in [3.05, 3.63) is 57.9 Å². The molecule has 0 aliphatic heterocycles. The highest BCUT2D eigenvalue weighted by Gasteiger charge is 2.15. The van der Waals surface area contributed by atoms with Crippen molar-refractivity contribution in [3.63, 3.8) is 0 Å². The summed E-state index contributed by atoms with van der Waals surface area (Å²) in [5.41, 5.74) is 3.40. The zero-order valence-corrected chi connectivity index (χ0v) is 16.8. The fourth-order valence-corrected chi connectivity index (χ4v) is 3.36. The Labute approximate surface area is 167 Å². The predicted octanol–water partition coefficient (Wildman–Crippen LogP) is 5.22. The summed E-state index contributed by atoms with van der Waals surface area (Å²) in [5.74, 6) is 0.373. The van der Waals surface area contributed by atoms with Crippen molar-refractivity contribution in [2.24, 2.45) is 0 Å². The quantitative estimate of drug-likeness (QED) is 0.594. The Bertz CT molecular complexity index is 941. The van der Waals surface area contributed by atoms with Crippen molar-refractivity contribution in [1.82, 2.24) is 4.98 Å². The standard InChI is InChI=1S/C20H20ClN3O2S/c1-12(20(25)24-17-10-15(21)6-9-19(17)26-3)22-16-7-4-14(5-8-16)18-11-27-13(2)23-18/h4-12,22H,1-3H3,(H,24,25)/t12-/m1/s1. The number of aryl methyl sites for hydroxylation is 1. The Morgan fingerprint density at radius 3 is 2.59 bits per heavy atom. The maximum Gasteiger partial charge on any atom is 0.246 e. The molecule has 0 aliphatic rings. The van der Waals surface area contributed by atoms with Crippen LogP contribution >= 0.6 is 22.9 Å². The number of ether oxygens (including phenoxy) is 1. The van der Waals surface area contributed by atoms with Gasteiger partial charge in [0.15, 0.2) is 0 Å². The number of aromatic nitrogens is 1. The number of thiazole rings is 1. The van der Waals surface area contributed by atoms with Crippen molar-refractivity contribution in [3.8, 4) is 17.0 Å². The molecule has 0 spiro atoms. The topological polar surface area (TPSA) is 63.2 Å². The lowest BCUT2D eigenvalue weighted by Gasteiger charge is -2.17. The lowest BCUT2D eigenvalue weighted by molar-refractivity contribution is -0.116. The Hall–Kier alpha value is -2.57. The first-order valence-corrected chi connectivity index (χ1v) is 9.65. The van der Waals surface area contributed by atoms with E-state index in [1.807, 2.05) is 36.6 Å². The third-order valence-electron chi connectivity index (χ3n) is 4.00. The second-order valence-corrected chi connectivity index (χ2v) is 7.53. The molecular formula is C20H20ClN3O2S. The summed E-state index contributed by atoms with van der Waals surface area (Å²) in [6, 6.07) is 12.5. The fraction of sp³-hybridized carbons (Fsp3) is 0.200. The van der Waals surface area contributed by atoms with Crippen LogP contribution in [0.4, 0.5) is 11.4 Å². The number of hydrogen-bond donors (Lipinski definition) is 2. The van der Waals surface area contributed by atoms with E-state index in [9.17, 15) is 4.79 Å². The minimum atomic E-state index is -0.443. The van der Waals surface area contributed by atoms with E-state index in [0.29, 0.717) is 16.5 Å². The first-order valence-electron chi connectivity index (χ1n) is 8.40. The molecule has 1 amide bonds. The van der Waals surface area contributed by atoms with E-state index in [0.717, 1.165) is 22.0 Å². The smallest absolute Gasteiger partial charge is 0.246 e. The molecule has 0 bridgehead atoms. The average molecular weight is 402 g/mol. The number of nitrogens with one attached hydrogen (secondary N) is 2. The molecule has 1 atom stereocenters. The zero-order valence-electron chi connectivity index (χ0n) is 15.2. The Morgan fingerprint density at radius 2 is 1.96 bits per heavy atom. The molecular weight excluding hydrogens is 382 g/mol. The highest BCUT2D eigenvalue weighted by atomic mass is 35.5. The molecule has 3 aromatic rings. The molecule has 1 heterocycles. The number of carbonyl (C=O) groups excluding carboxylic acids is 1. The van der Waals surface area contributed by atoms with Crippen molar-refractivity contribution in [2.75, 3.05) is 17.7 Å². The van der Waals surface area contributed by atoms with Gasteiger partial charge in [-0.05, 0) is 44.2 Å². The molecule has 1 aromatic heterocycles. The molecule has 3 rings (SSSR count). The van der Waals surface area contributed by atoms with Gasteiger partial charge in [-0.2, -0.15) is 0 Å². The van der Waals surface area contributed by atoms with Gasteiger partial charge >= 0.3 is 0 Å². The third-order valence-corrected chi connectivity index (χ3v) is 5.00. The van der Waals surface area contributed by atoms with Crippen LogP contribution < -0.4 is 15.4 Å². The Kier molecular flexibility index (Phi) is 5.98. The van der Waals surface area contributed by atoms with Crippen LogP contribution in [-0.4, -0.2) is 24.0 Å². The van der Waals surface area contributed by atoms with E-state index < -0.39 is 6.04 Å². The molecule has 7 heteroatoms. The summed E-state index contributed by atoms with van der Waals surface area (Å²) in [6.45, 7) is 3.78. The van der Waals surface area contributed by atoms with Crippen LogP contribution in [0.1, 0.15) is 11.9 Å². The maximum atomic E-state index is 12.5. The molecule has 140 valence electrons. The summed E-state index contributed by atoms with van der Waals surface area (Å²) >= 11 is 7.63. The van der Waals surface area contributed by atoms with Gasteiger partial charge in [0.1, 0.15) is 11.8 Å². The number of halogens is 1. The van der Waals surface area contributed by atoms with Gasteiger partial charge < -0.3 is 15.4 Å². The fourth-order valence-electron chi connectivity index (χ4n) is 2.57. The number of rotatable bonds is 6. The van der Waals surface area contributed by atoms with Crippen LogP contribution in [0.3, 0.4) is 0 Å². The van der Waals surface area contributed by atoms with Gasteiger partial charge in [0.2, 0.25) is 5.91 Å². The second kappa shape index (κ2) is 8.41.